The predicted octanol–water partition coefficient (Wildman–Crippen LogP) is 4.23. The number of halogens is 1. The van der Waals surface area contributed by atoms with Gasteiger partial charge in [-0.3, -0.25) is 0 Å². The molecule has 15 heavy (non-hydrogen) atoms. The first-order chi connectivity index (χ1) is 7.36. The van der Waals surface area contributed by atoms with Gasteiger partial charge in [-0.1, -0.05) is 47.6 Å². The molecule has 84 valence electrons. The molecular weight excluding hydrogens is 299 g/mol. The Kier molecular flexibility index (Phi) is 6.81. The van der Waals surface area contributed by atoms with Gasteiger partial charge in [0.1, 0.15) is 5.75 Å². The lowest BCUT2D eigenvalue weighted by molar-refractivity contribution is 0.414. The lowest BCUT2D eigenvalue weighted by Crippen LogP contribution is -1.87. The molecule has 0 atom stereocenters. The van der Waals surface area contributed by atoms with Crippen LogP contribution in [0.3, 0.4) is 0 Å². The molecule has 0 unspecified atom stereocenters. The molecule has 1 rings (SSSR count). The average Bonchev–Trinajstić information content (AvgIpc) is 2.30. The second kappa shape index (κ2) is 7.97. The molecule has 0 aliphatic carbocycles. The number of methoxy groups -OCH3 is 1. The van der Waals surface area contributed by atoms with E-state index in [9.17, 15) is 0 Å². The maximum absolute atomic E-state index is 5.13. The summed E-state index contributed by atoms with van der Waals surface area (Å²) in [6, 6.07) is 8.41. The molecule has 1 nitrogen and oxygen atoms in total. The first kappa shape index (κ1) is 12.8. The third kappa shape index (κ3) is 5.40. The van der Waals surface area contributed by atoms with Crippen LogP contribution in [0.2, 0.25) is 0 Å². The molecular formula is C13H19IO. The van der Waals surface area contributed by atoms with Crippen LogP contribution in [0, 0.1) is 0 Å². The topological polar surface area (TPSA) is 9.23 Å². The van der Waals surface area contributed by atoms with Crippen LogP contribution in [0.4, 0.5) is 0 Å². The van der Waals surface area contributed by atoms with Gasteiger partial charge in [0.15, 0.2) is 0 Å². The largest absolute Gasteiger partial charge is 0.497 e. The standard InChI is InChI=1S/C13H19IO/c1-15-13-9-7-12(8-10-13)6-4-2-3-5-11-14/h7-10H,2-6,11H2,1H3. The van der Waals surface area contributed by atoms with Gasteiger partial charge in [0.25, 0.3) is 0 Å². The second-order valence-electron chi connectivity index (χ2n) is 3.70. The van der Waals surface area contributed by atoms with Crippen LogP contribution >= 0.6 is 22.6 Å². The SMILES string of the molecule is COc1ccc(CCCCCCI)cc1. The third-order valence-corrected chi connectivity index (χ3v) is 3.27. The molecule has 0 saturated heterocycles. The summed E-state index contributed by atoms with van der Waals surface area (Å²) in [6.45, 7) is 0. The molecule has 0 spiro atoms. The van der Waals surface area contributed by atoms with Gasteiger partial charge in [-0.05, 0) is 41.4 Å². The summed E-state index contributed by atoms with van der Waals surface area (Å²) in [5.74, 6) is 0.948. The Morgan fingerprint density at radius 3 is 2.27 bits per heavy atom. The molecule has 2 heteroatoms. The zero-order valence-electron chi connectivity index (χ0n) is 9.34. The summed E-state index contributed by atoms with van der Waals surface area (Å²) in [5, 5.41) is 0. The van der Waals surface area contributed by atoms with Crippen molar-refractivity contribution < 1.29 is 4.74 Å². The first-order valence-electron chi connectivity index (χ1n) is 5.55. The Bertz CT molecular complexity index is 256. The number of aryl methyl sites for hydroxylation is 1. The highest BCUT2D eigenvalue weighted by Crippen LogP contribution is 2.14. The van der Waals surface area contributed by atoms with Crippen molar-refractivity contribution in [2.24, 2.45) is 0 Å². The number of hydrogen-bond donors (Lipinski definition) is 0. The van der Waals surface area contributed by atoms with Gasteiger partial charge >= 0.3 is 0 Å². The third-order valence-electron chi connectivity index (χ3n) is 2.51. The molecule has 0 saturated carbocycles. The summed E-state index contributed by atoms with van der Waals surface area (Å²) in [4.78, 5) is 0. The van der Waals surface area contributed by atoms with Crippen molar-refractivity contribution >= 4 is 22.6 Å². The van der Waals surface area contributed by atoms with Crippen molar-refractivity contribution in [3.63, 3.8) is 0 Å². The normalized spacial score (nSPS) is 10.3. The molecule has 0 aliphatic rings. The molecule has 1 aromatic rings. The number of alkyl halides is 1. The lowest BCUT2D eigenvalue weighted by Gasteiger charge is -2.03. The fraction of sp³-hybridized carbons (Fsp3) is 0.538. The van der Waals surface area contributed by atoms with E-state index in [-0.39, 0.29) is 0 Å². The Morgan fingerprint density at radius 2 is 1.67 bits per heavy atom. The van der Waals surface area contributed by atoms with Gasteiger partial charge < -0.3 is 4.74 Å². The summed E-state index contributed by atoms with van der Waals surface area (Å²) < 4.78 is 6.42. The zero-order chi connectivity index (χ0) is 10.9. The maximum atomic E-state index is 5.13. The van der Waals surface area contributed by atoms with Crippen molar-refractivity contribution in [2.75, 3.05) is 11.5 Å². The first-order valence-corrected chi connectivity index (χ1v) is 7.08. The van der Waals surface area contributed by atoms with Crippen LogP contribution in [0.5, 0.6) is 5.75 Å². The molecule has 0 radical (unpaired) electrons. The van der Waals surface area contributed by atoms with Crippen molar-refractivity contribution in [1.29, 1.82) is 0 Å². The Balaban J connectivity index is 2.20. The van der Waals surface area contributed by atoms with Gasteiger partial charge in [0.2, 0.25) is 0 Å². The van der Waals surface area contributed by atoms with Crippen LogP contribution in [-0.2, 0) is 6.42 Å². The van der Waals surface area contributed by atoms with Gasteiger partial charge in [0, 0.05) is 0 Å². The van der Waals surface area contributed by atoms with E-state index in [4.69, 9.17) is 4.74 Å². The molecule has 0 bridgehead atoms. The van der Waals surface area contributed by atoms with E-state index in [1.807, 2.05) is 12.1 Å². The van der Waals surface area contributed by atoms with Crippen LogP contribution in [0.25, 0.3) is 0 Å². The number of unbranched alkanes of at least 4 members (excludes halogenated alkanes) is 3. The van der Waals surface area contributed by atoms with Crippen molar-refractivity contribution in [3.8, 4) is 5.75 Å². The van der Waals surface area contributed by atoms with E-state index < -0.39 is 0 Å². The van der Waals surface area contributed by atoms with E-state index in [0.29, 0.717) is 0 Å². The van der Waals surface area contributed by atoms with E-state index in [1.54, 1.807) is 7.11 Å². The highest BCUT2D eigenvalue weighted by molar-refractivity contribution is 14.1. The highest BCUT2D eigenvalue weighted by atomic mass is 127. The second-order valence-corrected chi connectivity index (χ2v) is 4.78. The smallest absolute Gasteiger partial charge is 0.118 e. The monoisotopic (exact) mass is 318 g/mol. The maximum Gasteiger partial charge on any atom is 0.118 e. The van der Waals surface area contributed by atoms with Crippen LogP contribution in [0.15, 0.2) is 24.3 Å². The van der Waals surface area contributed by atoms with E-state index in [2.05, 4.69) is 34.7 Å². The van der Waals surface area contributed by atoms with Crippen LogP contribution in [-0.4, -0.2) is 11.5 Å². The Labute approximate surface area is 106 Å². The quantitative estimate of drug-likeness (QED) is 0.415. The molecule has 1 aromatic carbocycles. The van der Waals surface area contributed by atoms with Crippen molar-refractivity contribution in [1.82, 2.24) is 0 Å². The zero-order valence-corrected chi connectivity index (χ0v) is 11.5. The molecule has 0 N–H and O–H groups in total. The minimum Gasteiger partial charge on any atom is -0.497 e. The van der Waals surface area contributed by atoms with Crippen molar-refractivity contribution in [3.05, 3.63) is 29.8 Å². The fourth-order valence-corrected chi connectivity index (χ4v) is 2.11. The number of benzene rings is 1. The minimum atomic E-state index is 0.948. The van der Waals surface area contributed by atoms with Gasteiger partial charge in [-0.15, -0.1) is 0 Å². The van der Waals surface area contributed by atoms with Gasteiger partial charge in [0.05, 0.1) is 7.11 Å². The predicted molar refractivity (Wildman–Crippen MR) is 74.1 cm³/mol. The summed E-state index contributed by atoms with van der Waals surface area (Å²) >= 11 is 2.44. The molecule has 0 heterocycles. The fourth-order valence-electron chi connectivity index (χ4n) is 1.57. The molecule has 0 amide bonds. The molecule has 0 fully saturated rings. The average molecular weight is 318 g/mol. The number of rotatable bonds is 7. The summed E-state index contributed by atoms with van der Waals surface area (Å²) in [6.07, 6.45) is 6.60. The van der Waals surface area contributed by atoms with Crippen LogP contribution in [0.1, 0.15) is 31.2 Å². The van der Waals surface area contributed by atoms with Gasteiger partial charge in [-0.2, -0.15) is 0 Å². The Morgan fingerprint density at radius 1 is 1.00 bits per heavy atom. The number of hydrogen-bond acceptors (Lipinski definition) is 1. The van der Waals surface area contributed by atoms with Crippen LogP contribution < -0.4 is 4.74 Å². The molecule has 0 aromatic heterocycles. The number of ether oxygens (including phenoxy) is 1. The van der Waals surface area contributed by atoms with Gasteiger partial charge in [-0.25, -0.2) is 0 Å². The van der Waals surface area contributed by atoms with Crippen molar-refractivity contribution in [2.45, 2.75) is 32.1 Å². The minimum absolute atomic E-state index is 0.948. The van der Waals surface area contributed by atoms with E-state index >= 15 is 0 Å². The Hall–Kier alpha value is -0.250. The van der Waals surface area contributed by atoms with E-state index in [0.717, 1.165) is 5.75 Å². The lowest BCUT2D eigenvalue weighted by atomic mass is 10.1. The van der Waals surface area contributed by atoms with E-state index in [1.165, 1.54) is 42.1 Å². The highest BCUT2D eigenvalue weighted by Gasteiger charge is 1.95. The summed E-state index contributed by atoms with van der Waals surface area (Å²) in [5.41, 5.74) is 1.42. The summed E-state index contributed by atoms with van der Waals surface area (Å²) in [7, 11) is 1.71. The molecule has 0 aliphatic heterocycles.